The molecular formula is C19H17Cl2F2N3O. The van der Waals surface area contributed by atoms with Gasteiger partial charge in [0, 0.05) is 22.5 Å². The van der Waals surface area contributed by atoms with Crippen LogP contribution in [0.25, 0.3) is 11.0 Å². The number of rotatable bonds is 6. The number of carbonyl (C=O) groups is 1. The van der Waals surface area contributed by atoms with Crippen molar-refractivity contribution in [2.45, 2.75) is 25.8 Å². The van der Waals surface area contributed by atoms with E-state index < -0.39 is 12.5 Å². The molecule has 1 atom stereocenters. The molecule has 27 heavy (non-hydrogen) atoms. The minimum absolute atomic E-state index is 0.0774. The Bertz CT molecular complexity index is 975. The van der Waals surface area contributed by atoms with E-state index in [9.17, 15) is 13.6 Å². The Hall–Kier alpha value is -2.18. The molecule has 1 amide bonds. The van der Waals surface area contributed by atoms with E-state index in [1.165, 1.54) is 0 Å². The first-order valence-electron chi connectivity index (χ1n) is 8.32. The second-order valence-corrected chi connectivity index (χ2v) is 7.07. The fourth-order valence-corrected chi connectivity index (χ4v) is 3.35. The number of amides is 1. The van der Waals surface area contributed by atoms with Gasteiger partial charge in [-0.2, -0.15) is 8.78 Å². The Morgan fingerprint density at radius 3 is 2.67 bits per heavy atom. The molecule has 0 radical (unpaired) electrons. The lowest BCUT2D eigenvalue weighted by Gasteiger charge is -2.15. The molecule has 0 saturated heterocycles. The van der Waals surface area contributed by atoms with Crippen molar-refractivity contribution in [3.8, 4) is 0 Å². The van der Waals surface area contributed by atoms with Crippen molar-refractivity contribution in [2.24, 2.45) is 0 Å². The fraction of sp³-hybridized carbons (Fsp3) is 0.263. The highest BCUT2D eigenvalue weighted by molar-refractivity contribution is 6.35. The summed E-state index contributed by atoms with van der Waals surface area (Å²) in [7, 11) is 0. The van der Waals surface area contributed by atoms with Crippen LogP contribution in [0.15, 0.2) is 42.5 Å². The maximum absolute atomic E-state index is 13.5. The van der Waals surface area contributed by atoms with Gasteiger partial charge in [0.1, 0.15) is 5.82 Å². The highest BCUT2D eigenvalue weighted by atomic mass is 35.5. The molecule has 1 N–H and O–H groups in total. The number of aromatic nitrogens is 2. The highest BCUT2D eigenvalue weighted by Crippen LogP contribution is 2.27. The van der Waals surface area contributed by atoms with Gasteiger partial charge in [-0.1, -0.05) is 48.3 Å². The summed E-state index contributed by atoms with van der Waals surface area (Å²) in [5, 5.41) is 3.65. The molecule has 2 aromatic carbocycles. The number of nitrogens with one attached hydrogen (secondary N) is 1. The van der Waals surface area contributed by atoms with Crippen LogP contribution >= 0.6 is 23.2 Å². The van der Waals surface area contributed by atoms with Gasteiger partial charge >= 0.3 is 6.55 Å². The number of hydrogen-bond acceptors (Lipinski definition) is 2. The number of carbonyl (C=O) groups excluding carboxylic acids is 1. The van der Waals surface area contributed by atoms with Gasteiger partial charge in [-0.25, -0.2) is 4.98 Å². The third kappa shape index (κ3) is 4.39. The number of benzene rings is 2. The van der Waals surface area contributed by atoms with Crippen LogP contribution in [-0.2, 0) is 11.2 Å². The average Bonchev–Trinajstić information content (AvgIpc) is 3.02. The van der Waals surface area contributed by atoms with Gasteiger partial charge in [-0.3, -0.25) is 9.36 Å². The van der Waals surface area contributed by atoms with E-state index in [1.54, 1.807) is 49.4 Å². The Kier molecular flexibility index (Phi) is 5.97. The van der Waals surface area contributed by atoms with E-state index in [0.29, 0.717) is 26.6 Å². The van der Waals surface area contributed by atoms with Crippen molar-refractivity contribution in [3.63, 3.8) is 0 Å². The molecule has 3 aromatic rings. The van der Waals surface area contributed by atoms with Crippen LogP contribution in [0, 0.1) is 0 Å². The van der Waals surface area contributed by atoms with E-state index in [4.69, 9.17) is 23.2 Å². The SMILES string of the molecule is C[C@H](CNC(=O)Cc1ccc(Cl)cc1Cl)c1nc2ccccc2n1C(F)F. The zero-order valence-electron chi connectivity index (χ0n) is 14.4. The maximum atomic E-state index is 13.5. The monoisotopic (exact) mass is 411 g/mol. The van der Waals surface area contributed by atoms with Crippen LogP contribution < -0.4 is 5.32 Å². The van der Waals surface area contributed by atoms with Gasteiger partial charge in [0.15, 0.2) is 0 Å². The molecule has 0 unspecified atom stereocenters. The summed E-state index contributed by atoms with van der Waals surface area (Å²) in [6.45, 7) is -0.783. The van der Waals surface area contributed by atoms with Gasteiger partial charge < -0.3 is 5.32 Å². The Balaban J connectivity index is 1.70. The molecule has 0 aliphatic rings. The number of fused-ring (bicyclic) bond motifs is 1. The van der Waals surface area contributed by atoms with Crippen molar-refractivity contribution in [2.75, 3.05) is 6.54 Å². The molecule has 0 aliphatic heterocycles. The van der Waals surface area contributed by atoms with E-state index in [0.717, 1.165) is 4.57 Å². The van der Waals surface area contributed by atoms with Gasteiger partial charge in [0.2, 0.25) is 5.91 Å². The first-order chi connectivity index (χ1) is 12.9. The smallest absolute Gasteiger partial charge is 0.320 e. The first-order valence-corrected chi connectivity index (χ1v) is 9.08. The normalized spacial score (nSPS) is 12.5. The van der Waals surface area contributed by atoms with Crippen LogP contribution in [0.3, 0.4) is 0 Å². The topological polar surface area (TPSA) is 46.9 Å². The third-order valence-corrected chi connectivity index (χ3v) is 4.82. The average molecular weight is 412 g/mol. The summed E-state index contributed by atoms with van der Waals surface area (Å²) >= 11 is 11.9. The van der Waals surface area contributed by atoms with Crippen molar-refractivity contribution in [1.82, 2.24) is 14.9 Å². The molecule has 8 heteroatoms. The summed E-state index contributed by atoms with van der Waals surface area (Å²) in [4.78, 5) is 16.5. The van der Waals surface area contributed by atoms with Crippen molar-refractivity contribution < 1.29 is 13.6 Å². The quantitative estimate of drug-likeness (QED) is 0.605. The largest absolute Gasteiger partial charge is 0.355 e. The fourth-order valence-electron chi connectivity index (χ4n) is 2.87. The van der Waals surface area contributed by atoms with E-state index in [1.807, 2.05) is 0 Å². The molecule has 0 fully saturated rings. The van der Waals surface area contributed by atoms with Crippen molar-refractivity contribution >= 4 is 40.1 Å². The Morgan fingerprint density at radius 2 is 1.96 bits per heavy atom. The molecule has 1 aromatic heterocycles. The minimum Gasteiger partial charge on any atom is -0.355 e. The number of alkyl halides is 2. The number of imidazole rings is 1. The maximum Gasteiger partial charge on any atom is 0.320 e. The number of halogens is 4. The van der Waals surface area contributed by atoms with E-state index in [-0.39, 0.29) is 24.7 Å². The summed E-state index contributed by atoms with van der Waals surface area (Å²) in [6.07, 6.45) is 0.0774. The lowest BCUT2D eigenvalue weighted by Crippen LogP contribution is -2.30. The lowest BCUT2D eigenvalue weighted by molar-refractivity contribution is -0.120. The van der Waals surface area contributed by atoms with Gasteiger partial charge in [-0.15, -0.1) is 0 Å². The molecule has 1 heterocycles. The second-order valence-electron chi connectivity index (χ2n) is 6.22. The molecule has 4 nitrogen and oxygen atoms in total. The molecule has 3 rings (SSSR count). The Labute approximate surface area is 165 Å². The highest BCUT2D eigenvalue weighted by Gasteiger charge is 2.22. The molecule has 0 aliphatic carbocycles. The molecule has 0 bridgehead atoms. The van der Waals surface area contributed by atoms with Crippen LogP contribution in [0.5, 0.6) is 0 Å². The van der Waals surface area contributed by atoms with E-state index in [2.05, 4.69) is 10.3 Å². The summed E-state index contributed by atoms with van der Waals surface area (Å²) in [5.74, 6) is -0.419. The van der Waals surface area contributed by atoms with Crippen molar-refractivity contribution in [3.05, 3.63) is 63.9 Å². The van der Waals surface area contributed by atoms with Crippen LogP contribution in [-0.4, -0.2) is 22.0 Å². The van der Waals surface area contributed by atoms with Crippen LogP contribution in [0.4, 0.5) is 8.78 Å². The molecular weight excluding hydrogens is 395 g/mol. The Morgan fingerprint density at radius 1 is 1.22 bits per heavy atom. The van der Waals surface area contributed by atoms with Crippen LogP contribution in [0.2, 0.25) is 10.0 Å². The second kappa shape index (κ2) is 8.23. The molecule has 0 saturated carbocycles. The lowest BCUT2D eigenvalue weighted by atomic mass is 10.1. The number of para-hydroxylation sites is 2. The number of nitrogens with zero attached hydrogens (tertiary/aromatic N) is 2. The zero-order valence-corrected chi connectivity index (χ0v) is 15.9. The predicted molar refractivity (Wildman–Crippen MR) is 103 cm³/mol. The van der Waals surface area contributed by atoms with Crippen molar-refractivity contribution in [1.29, 1.82) is 0 Å². The zero-order chi connectivity index (χ0) is 19.6. The van der Waals surface area contributed by atoms with Gasteiger partial charge in [0.05, 0.1) is 17.5 Å². The first kappa shape index (κ1) is 19.6. The van der Waals surface area contributed by atoms with Gasteiger partial charge in [0.25, 0.3) is 0 Å². The standard InChI is InChI=1S/C19H17Cl2F2N3O/c1-11(10-24-17(27)8-12-6-7-13(20)9-14(12)21)18-25-15-4-2-3-5-16(15)26(18)19(22)23/h2-7,9,11,19H,8,10H2,1H3,(H,24,27)/t11-/m1/s1. The summed E-state index contributed by atoms with van der Waals surface area (Å²) in [6, 6.07) is 11.6. The third-order valence-electron chi connectivity index (χ3n) is 4.23. The van der Waals surface area contributed by atoms with Crippen LogP contribution in [0.1, 0.15) is 30.8 Å². The minimum atomic E-state index is -2.71. The summed E-state index contributed by atoms with van der Waals surface area (Å²) in [5.41, 5.74) is 1.51. The number of hydrogen-bond donors (Lipinski definition) is 1. The molecule has 0 spiro atoms. The van der Waals surface area contributed by atoms with E-state index >= 15 is 0 Å². The predicted octanol–water partition coefficient (Wildman–Crippen LogP) is 5.20. The summed E-state index contributed by atoms with van der Waals surface area (Å²) < 4.78 is 28.0. The molecule has 142 valence electrons. The van der Waals surface area contributed by atoms with Gasteiger partial charge in [-0.05, 0) is 29.8 Å².